The zero-order valence-corrected chi connectivity index (χ0v) is 23.4. The monoisotopic (exact) mass is 536 g/mol. The van der Waals surface area contributed by atoms with Crippen molar-refractivity contribution in [2.45, 2.75) is 90.1 Å². The van der Waals surface area contributed by atoms with Crippen molar-refractivity contribution in [1.29, 1.82) is 0 Å². The number of nitrogen functional groups attached to an aromatic ring is 1. The minimum Gasteiger partial charge on any atom is -0.375 e. The van der Waals surface area contributed by atoms with Crippen molar-refractivity contribution in [3.63, 3.8) is 0 Å². The number of aromatic nitrogens is 3. The van der Waals surface area contributed by atoms with E-state index in [1.807, 2.05) is 31.2 Å². The number of nitrogens with zero attached hydrogens (tertiary/aromatic N) is 4. The molecule has 8 nitrogen and oxygen atoms in total. The Morgan fingerprint density at radius 1 is 1.16 bits per heavy atom. The fourth-order valence-corrected chi connectivity index (χ4v) is 6.93. The predicted octanol–water partition coefficient (Wildman–Crippen LogP) is 5.29. The predicted molar refractivity (Wildman–Crippen MR) is 151 cm³/mol. The van der Waals surface area contributed by atoms with Gasteiger partial charge in [-0.2, -0.15) is 4.98 Å². The van der Waals surface area contributed by atoms with Gasteiger partial charge in [0.25, 0.3) is 5.91 Å². The van der Waals surface area contributed by atoms with Gasteiger partial charge in [0, 0.05) is 34.5 Å². The number of nitrogens with one attached hydrogen (secondary N) is 1. The molecule has 2 aliphatic carbocycles. The van der Waals surface area contributed by atoms with E-state index in [4.69, 9.17) is 10.3 Å². The van der Waals surface area contributed by atoms with Gasteiger partial charge in [-0.3, -0.25) is 4.79 Å². The van der Waals surface area contributed by atoms with Crippen LogP contribution in [0.4, 0.5) is 5.13 Å². The van der Waals surface area contributed by atoms with Crippen molar-refractivity contribution in [2.75, 3.05) is 18.8 Å². The van der Waals surface area contributed by atoms with E-state index in [0.29, 0.717) is 34.9 Å². The summed E-state index contributed by atoms with van der Waals surface area (Å²) >= 11 is 1.68. The van der Waals surface area contributed by atoms with Gasteiger partial charge in [-0.1, -0.05) is 31.1 Å². The van der Waals surface area contributed by atoms with E-state index in [9.17, 15) is 4.79 Å². The fraction of sp³-hybridized carbons (Fsp3) is 0.586. The molecule has 3 aromatic rings. The largest absolute Gasteiger partial charge is 0.375 e. The molecule has 2 aliphatic rings. The Bertz CT molecular complexity index is 1220. The molecule has 0 saturated heterocycles. The highest BCUT2D eigenvalue weighted by Crippen LogP contribution is 2.32. The van der Waals surface area contributed by atoms with Gasteiger partial charge < -0.3 is 20.5 Å². The first kappa shape index (κ1) is 26.8. The van der Waals surface area contributed by atoms with Crippen LogP contribution in [-0.4, -0.2) is 51.1 Å². The average molecular weight is 537 g/mol. The van der Waals surface area contributed by atoms with E-state index < -0.39 is 0 Å². The lowest BCUT2D eigenvalue weighted by molar-refractivity contribution is 0.0918. The lowest BCUT2D eigenvalue weighted by atomic mass is 9.83. The molecule has 1 aromatic carbocycles. The van der Waals surface area contributed by atoms with Crippen molar-refractivity contribution in [1.82, 2.24) is 25.3 Å². The summed E-state index contributed by atoms with van der Waals surface area (Å²) in [4.78, 5) is 26.0. The molecule has 0 radical (unpaired) electrons. The Morgan fingerprint density at radius 3 is 2.76 bits per heavy atom. The molecule has 2 aromatic heterocycles. The van der Waals surface area contributed by atoms with Crippen LogP contribution >= 0.6 is 11.3 Å². The molecule has 204 valence electrons. The molecule has 5 rings (SSSR count). The third-order valence-electron chi connectivity index (χ3n) is 8.12. The first-order chi connectivity index (χ1) is 18.5. The second-order valence-electron chi connectivity index (χ2n) is 10.8. The minimum atomic E-state index is -0.0241. The van der Waals surface area contributed by atoms with Gasteiger partial charge in [-0.15, -0.1) is 11.3 Å². The second-order valence-corrected chi connectivity index (χ2v) is 11.9. The number of nitrogens with two attached hydrogens (primary N) is 1. The molecule has 3 N–H and O–H groups in total. The maximum absolute atomic E-state index is 13.0. The van der Waals surface area contributed by atoms with Crippen LogP contribution in [0.5, 0.6) is 0 Å². The van der Waals surface area contributed by atoms with Gasteiger partial charge in [-0.25, -0.2) is 4.98 Å². The minimum absolute atomic E-state index is 0.0241. The molecular weight excluding hydrogens is 496 g/mol. The van der Waals surface area contributed by atoms with Gasteiger partial charge in [0.2, 0.25) is 11.7 Å². The molecule has 0 unspecified atom stereocenters. The Morgan fingerprint density at radius 2 is 2.00 bits per heavy atom. The number of aryl methyl sites for hydroxylation is 2. The van der Waals surface area contributed by atoms with E-state index in [1.165, 1.54) is 42.7 Å². The highest BCUT2D eigenvalue weighted by molar-refractivity contribution is 7.15. The summed E-state index contributed by atoms with van der Waals surface area (Å²) in [7, 11) is 0. The van der Waals surface area contributed by atoms with Crippen molar-refractivity contribution in [3.8, 4) is 11.4 Å². The van der Waals surface area contributed by atoms with Gasteiger partial charge in [0.05, 0.1) is 5.69 Å². The fourth-order valence-electron chi connectivity index (χ4n) is 5.98. The highest BCUT2D eigenvalue weighted by atomic mass is 32.1. The van der Waals surface area contributed by atoms with Crippen molar-refractivity contribution in [3.05, 3.63) is 46.3 Å². The molecule has 1 fully saturated rings. The third kappa shape index (κ3) is 6.43. The van der Waals surface area contributed by atoms with E-state index in [1.54, 1.807) is 11.3 Å². The molecule has 1 saturated carbocycles. The van der Waals surface area contributed by atoms with Crippen LogP contribution < -0.4 is 11.1 Å². The van der Waals surface area contributed by atoms with Crippen LogP contribution in [0.25, 0.3) is 11.4 Å². The van der Waals surface area contributed by atoms with Crippen LogP contribution in [0.3, 0.4) is 0 Å². The van der Waals surface area contributed by atoms with E-state index >= 15 is 0 Å². The average Bonchev–Trinajstić information content (AvgIpc) is 3.57. The van der Waals surface area contributed by atoms with Crippen molar-refractivity contribution < 1.29 is 9.32 Å². The molecule has 9 heteroatoms. The van der Waals surface area contributed by atoms with Crippen LogP contribution in [0.2, 0.25) is 0 Å². The summed E-state index contributed by atoms with van der Waals surface area (Å²) in [6.45, 7) is 6.57. The van der Waals surface area contributed by atoms with Crippen LogP contribution in [0, 0.1) is 5.92 Å². The third-order valence-corrected chi connectivity index (χ3v) is 9.07. The van der Waals surface area contributed by atoms with E-state index in [0.717, 1.165) is 50.3 Å². The zero-order valence-electron chi connectivity index (χ0n) is 22.6. The second kappa shape index (κ2) is 12.4. The van der Waals surface area contributed by atoms with Gasteiger partial charge >= 0.3 is 0 Å². The topological polar surface area (TPSA) is 110 Å². The van der Waals surface area contributed by atoms with Gasteiger partial charge in [-0.05, 0) is 88.9 Å². The molecular formula is C29H40N6O2S. The normalized spacial score (nSPS) is 21.4. The number of hydrogen-bond donors (Lipinski definition) is 2. The van der Waals surface area contributed by atoms with Crippen LogP contribution in [0.15, 0.2) is 28.8 Å². The van der Waals surface area contributed by atoms with E-state index in [2.05, 4.69) is 32.3 Å². The first-order valence-electron chi connectivity index (χ1n) is 14.2. The Labute approximate surface area is 229 Å². The lowest BCUT2D eigenvalue weighted by Crippen LogP contribution is -2.41. The quantitative estimate of drug-likeness (QED) is 0.362. The molecule has 2 heterocycles. The van der Waals surface area contributed by atoms with Crippen LogP contribution in [-0.2, 0) is 19.3 Å². The molecule has 0 aliphatic heterocycles. The summed E-state index contributed by atoms with van der Waals surface area (Å²) in [6, 6.07) is 8.33. The number of thiazole rings is 1. The van der Waals surface area contributed by atoms with Gasteiger partial charge in [0.1, 0.15) is 0 Å². The smallest absolute Gasteiger partial charge is 0.251 e. The Balaban J connectivity index is 1.09. The highest BCUT2D eigenvalue weighted by Gasteiger charge is 2.28. The summed E-state index contributed by atoms with van der Waals surface area (Å²) in [6.07, 6.45) is 10.9. The molecule has 38 heavy (non-hydrogen) atoms. The zero-order chi connectivity index (χ0) is 26.5. The van der Waals surface area contributed by atoms with E-state index in [-0.39, 0.29) is 11.9 Å². The Kier molecular flexibility index (Phi) is 8.74. The van der Waals surface area contributed by atoms with Crippen LogP contribution in [0.1, 0.15) is 85.6 Å². The maximum Gasteiger partial charge on any atom is 0.251 e. The Hall–Kier alpha value is -2.78. The number of anilines is 1. The van der Waals surface area contributed by atoms with Crippen molar-refractivity contribution in [2.24, 2.45) is 5.92 Å². The van der Waals surface area contributed by atoms with Crippen molar-refractivity contribution >= 4 is 22.4 Å². The summed E-state index contributed by atoms with van der Waals surface area (Å²) < 4.78 is 5.23. The number of hydrogen-bond acceptors (Lipinski definition) is 8. The lowest BCUT2D eigenvalue weighted by Gasteiger charge is -2.36. The summed E-state index contributed by atoms with van der Waals surface area (Å²) in [5.41, 5.74) is 8.63. The molecule has 1 atom stereocenters. The maximum atomic E-state index is 13.0. The first-order valence-corrected chi connectivity index (χ1v) is 15.1. The standard InChI is InChI=1S/C29H40N6O2S/c1-3-15-35(23-12-13-24-25(18-23)38-29(30)32-24)16-14-19-8-10-22(11-9-19)31-28(36)21-7-5-6-20(17-21)27-33-26(4-2)37-34-27/h5-7,17,19,22-23H,3-4,8-16,18H2,1-2H3,(H2,30,32)(H,31,36)/t19?,22?,23-/m0/s1. The number of carbonyl (C=O) groups excluding carboxylic acids is 1. The summed E-state index contributed by atoms with van der Waals surface area (Å²) in [5, 5.41) is 8.02. The SMILES string of the molecule is CCCN(CCC1CCC(NC(=O)c2cccc(-c3noc(CC)n3)c2)CC1)[C@H]1CCc2nc(N)sc2C1. The van der Waals surface area contributed by atoms with Gasteiger partial charge in [0.15, 0.2) is 5.13 Å². The molecule has 0 bridgehead atoms. The number of amides is 1. The number of rotatable bonds is 10. The number of carbonyl (C=O) groups is 1. The number of benzene rings is 1. The molecule has 0 spiro atoms. The number of fused-ring (bicyclic) bond motifs is 1. The molecule has 1 amide bonds. The summed E-state index contributed by atoms with van der Waals surface area (Å²) in [5.74, 6) is 1.83.